The van der Waals surface area contributed by atoms with Gasteiger partial charge in [-0.2, -0.15) is 0 Å². The predicted octanol–water partition coefficient (Wildman–Crippen LogP) is 1.86. The third kappa shape index (κ3) is 2.97. The van der Waals surface area contributed by atoms with Crippen molar-refractivity contribution in [2.75, 3.05) is 0 Å². The summed E-state index contributed by atoms with van der Waals surface area (Å²) in [6.45, 7) is 5.05. The average Bonchev–Trinajstić information content (AvgIpc) is 2.89. The average molecular weight is 245 g/mol. The minimum Gasteiger partial charge on any atom is -0.392 e. The molecule has 4 nitrogen and oxygen atoms in total. The predicted molar refractivity (Wildman–Crippen MR) is 71.5 cm³/mol. The van der Waals surface area contributed by atoms with E-state index in [9.17, 15) is 5.11 Å². The Balaban J connectivity index is 2.27. The molecular weight excluding hydrogens is 226 g/mol. The third-order valence-electron chi connectivity index (χ3n) is 2.86. The molecule has 0 aliphatic rings. The Kier molecular flexibility index (Phi) is 4.12. The van der Waals surface area contributed by atoms with Gasteiger partial charge >= 0.3 is 0 Å². The lowest BCUT2D eigenvalue weighted by atomic mass is 10.1. The Bertz CT molecular complexity index is 492. The van der Waals surface area contributed by atoms with E-state index in [1.807, 2.05) is 22.9 Å². The van der Waals surface area contributed by atoms with Crippen molar-refractivity contribution in [2.45, 2.75) is 33.0 Å². The van der Waals surface area contributed by atoms with Crippen molar-refractivity contribution in [2.24, 2.45) is 0 Å². The molecule has 0 spiro atoms. The normalized spacial score (nSPS) is 11.1. The maximum atomic E-state index is 9.36. The molecule has 0 fully saturated rings. The maximum Gasteiger partial charge on any atom is 0.0991 e. The van der Waals surface area contributed by atoms with Crippen LogP contribution in [0.25, 0.3) is 5.69 Å². The first-order valence-corrected chi connectivity index (χ1v) is 6.15. The maximum absolute atomic E-state index is 9.36. The van der Waals surface area contributed by atoms with Gasteiger partial charge in [-0.15, -0.1) is 0 Å². The lowest BCUT2D eigenvalue weighted by Gasteiger charge is -2.13. The van der Waals surface area contributed by atoms with Gasteiger partial charge in [0.1, 0.15) is 0 Å². The number of aliphatic hydroxyl groups excluding tert-OH is 1. The molecule has 0 radical (unpaired) electrons. The van der Waals surface area contributed by atoms with Crippen molar-refractivity contribution in [3.05, 3.63) is 48.0 Å². The summed E-state index contributed by atoms with van der Waals surface area (Å²) in [5.74, 6) is 0. The highest BCUT2D eigenvalue weighted by atomic mass is 16.3. The highest BCUT2D eigenvalue weighted by molar-refractivity contribution is 5.40. The fraction of sp³-hybridized carbons (Fsp3) is 0.357. The van der Waals surface area contributed by atoms with Gasteiger partial charge in [-0.05, 0) is 23.3 Å². The fourth-order valence-electron chi connectivity index (χ4n) is 1.82. The van der Waals surface area contributed by atoms with Crippen LogP contribution in [0.3, 0.4) is 0 Å². The SMILES string of the molecule is CC(C)NCc1cc(-n2ccnc2)ccc1CO. The van der Waals surface area contributed by atoms with Gasteiger partial charge in [-0.3, -0.25) is 0 Å². The Morgan fingerprint density at radius 1 is 1.33 bits per heavy atom. The number of hydrogen-bond acceptors (Lipinski definition) is 3. The van der Waals surface area contributed by atoms with Crippen LogP contribution in [-0.4, -0.2) is 20.7 Å². The number of rotatable bonds is 5. The molecule has 0 saturated heterocycles. The van der Waals surface area contributed by atoms with Crippen LogP contribution in [0.2, 0.25) is 0 Å². The zero-order valence-electron chi connectivity index (χ0n) is 10.8. The molecule has 1 heterocycles. The first-order chi connectivity index (χ1) is 8.70. The molecule has 0 atom stereocenters. The summed E-state index contributed by atoms with van der Waals surface area (Å²) < 4.78 is 1.96. The number of aliphatic hydroxyl groups is 1. The zero-order chi connectivity index (χ0) is 13.0. The van der Waals surface area contributed by atoms with Crippen molar-refractivity contribution >= 4 is 0 Å². The standard InChI is InChI=1S/C14H19N3O/c1-11(2)16-8-13-7-14(4-3-12(13)9-18)17-6-5-15-10-17/h3-7,10-11,16,18H,8-9H2,1-2H3. The summed E-state index contributed by atoms with van der Waals surface area (Å²) in [7, 11) is 0. The minimum absolute atomic E-state index is 0.0688. The third-order valence-corrected chi connectivity index (χ3v) is 2.86. The Morgan fingerprint density at radius 2 is 2.17 bits per heavy atom. The highest BCUT2D eigenvalue weighted by Crippen LogP contribution is 2.15. The summed E-state index contributed by atoms with van der Waals surface area (Å²) >= 11 is 0. The van der Waals surface area contributed by atoms with Gasteiger partial charge in [0.15, 0.2) is 0 Å². The van der Waals surface area contributed by atoms with E-state index < -0.39 is 0 Å². The molecule has 0 unspecified atom stereocenters. The number of imidazole rings is 1. The molecule has 0 bridgehead atoms. The van der Waals surface area contributed by atoms with Crippen molar-refractivity contribution < 1.29 is 5.11 Å². The monoisotopic (exact) mass is 245 g/mol. The summed E-state index contributed by atoms with van der Waals surface area (Å²) in [5.41, 5.74) is 3.15. The molecule has 18 heavy (non-hydrogen) atoms. The van der Waals surface area contributed by atoms with E-state index in [1.54, 1.807) is 12.5 Å². The molecule has 2 N–H and O–H groups in total. The van der Waals surface area contributed by atoms with Crippen molar-refractivity contribution in [1.29, 1.82) is 0 Å². The molecule has 0 aliphatic heterocycles. The second-order valence-electron chi connectivity index (χ2n) is 4.62. The second-order valence-corrected chi connectivity index (χ2v) is 4.62. The van der Waals surface area contributed by atoms with Crippen molar-refractivity contribution in [3.63, 3.8) is 0 Å². The number of hydrogen-bond donors (Lipinski definition) is 2. The Hall–Kier alpha value is -1.65. The summed E-state index contributed by atoms with van der Waals surface area (Å²) in [6, 6.07) is 6.47. The quantitative estimate of drug-likeness (QED) is 0.845. The fourth-order valence-corrected chi connectivity index (χ4v) is 1.82. The summed E-state index contributed by atoms with van der Waals surface area (Å²) in [5, 5.41) is 12.7. The topological polar surface area (TPSA) is 50.1 Å². The molecule has 0 amide bonds. The van der Waals surface area contributed by atoms with Gasteiger partial charge in [0, 0.05) is 30.7 Å². The first-order valence-electron chi connectivity index (χ1n) is 6.15. The zero-order valence-corrected chi connectivity index (χ0v) is 10.8. The number of aromatic nitrogens is 2. The summed E-state index contributed by atoms with van der Waals surface area (Å²) in [4.78, 5) is 4.04. The van der Waals surface area contributed by atoms with E-state index in [0.717, 1.165) is 23.4 Å². The van der Waals surface area contributed by atoms with Crippen LogP contribution >= 0.6 is 0 Å². The lowest BCUT2D eigenvalue weighted by Crippen LogP contribution is -2.22. The van der Waals surface area contributed by atoms with E-state index in [-0.39, 0.29) is 6.61 Å². The molecule has 2 rings (SSSR count). The molecule has 1 aromatic heterocycles. The molecule has 0 saturated carbocycles. The van der Waals surface area contributed by atoms with Crippen LogP contribution in [0.1, 0.15) is 25.0 Å². The molecular formula is C14H19N3O. The van der Waals surface area contributed by atoms with Gasteiger partial charge in [0.25, 0.3) is 0 Å². The lowest BCUT2D eigenvalue weighted by molar-refractivity contribution is 0.280. The van der Waals surface area contributed by atoms with E-state index in [1.165, 1.54) is 0 Å². The van der Waals surface area contributed by atoms with Gasteiger partial charge in [0.05, 0.1) is 12.9 Å². The van der Waals surface area contributed by atoms with E-state index in [0.29, 0.717) is 6.04 Å². The number of benzene rings is 1. The van der Waals surface area contributed by atoms with E-state index in [4.69, 9.17) is 0 Å². The number of nitrogens with one attached hydrogen (secondary N) is 1. The van der Waals surface area contributed by atoms with Gasteiger partial charge in [-0.25, -0.2) is 4.98 Å². The molecule has 4 heteroatoms. The van der Waals surface area contributed by atoms with Gasteiger partial charge < -0.3 is 15.0 Å². The van der Waals surface area contributed by atoms with E-state index in [2.05, 4.69) is 30.2 Å². The van der Waals surface area contributed by atoms with Gasteiger partial charge in [-0.1, -0.05) is 19.9 Å². The largest absolute Gasteiger partial charge is 0.392 e. The van der Waals surface area contributed by atoms with Crippen molar-refractivity contribution in [1.82, 2.24) is 14.9 Å². The van der Waals surface area contributed by atoms with Gasteiger partial charge in [0.2, 0.25) is 0 Å². The van der Waals surface area contributed by atoms with Crippen LogP contribution in [0, 0.1) is 0 Å². The van der Waals surface area contributed by atoms with Crippen LogP contribution in [-0.2, 0) is 13.2 Å². The molecule has 96 valence electrons. The van der Waals surface area contributed by atoms with Crippen LogP contribution in [0.5, 0.6) is 0 Å². The Morgan fingerprint density at radius 3 is 2.78 bits per heavy atom. The van der Waals surface area contributed by atoms with Crippen LogP contribution in [0.15, 0.2) is 36.9 Å². The second kappa shape index (κ2) is 5.80. The molecule has 2 aromatic rings. The number of nitrogens with zero attached hydrogens (tertiary/aromatic N) is 2. The smallest absolute Gasteiger partial charge is 0.0991 e. The van der Waals surface area contributed by atoms with E-state index >= 15 is 0 Å². The molecule has 0 aliphatic carbocycles. The highest BCUT2D eigenvalue weighted by Gasteiger charge is 2.05. The van der Waals surface area contributed by atoms with Crippen LogP contribution < -0.4 is 5.32 Å². The Labute approximate surface area is 107 Å². The van der Waals surface area contributed by atoms with Crippen molar-refractivity contribution in [3.8, 4) is 5.69 Å². The minimum atomic E-state index is 0.0688. The summed E-state index contributed by atoms with van der Waals surface area (Å²) in [6.07, 6.45) is 5.44. The first kappa shape index (κ1) is 12.8. The van der Waals surface area contributed by atoms with Crippen LogP contribution in [0.4, 0.5) is 0 Å². The molecule has 1 aromatic carbocycles.